The first-order chi connectivity index (χ1) is 12.3. The number of carbonyl (C=O) groups is 1. The monoisotopic (exact) mass is 338 g/mol. The zero-order valence-electron chi connectivity index (χ0n) is 14.4. The molecule has 0 bridgehead atoms. The quantitative estimate of drug-likeness (QED) is 0.757. The van der Waals surface area contributed by atoms with Gasteiger partial charge in [0.1, 0.15) is 0 Å². The maximum atomic E-state index is 12.6. The van der Waals surface area contributed by atoms with Crippen molar-refractivity contribution in [1.29, 1.82) is 0 Å². The molecular formula is C21H26N2O2. The van der Waals surface area contributed by atoms with Gasteiger partial charge < -0.3 is 15.7 Å². The summed E-state index contributed by atoms with van der Waals surface area (Å²) in [6, 6.07) is 19.9. The second kappa shape index (κ2) is 8.79. The van der Waals surface area contributed by atoms with Crippen LogP contribution in [0.15, 0.2) is 60.7 Å². The van der Waals surface area contributed by atoms with Gasteiger partial charge in [-0.3, -0.25) is 4.79 Å². The van der Waals surface area contributed by atoms with Crippen LogP contribution in [0.3, 0.4) is 0 Å². The van der Waals surface area contributed by atoms with Crippen molar-refractivity contribution in [2.24, 2.45) is 0 Å². The van der Waals surface area contributed by atoms with Crippen LogP contribution in [0.2, 0.25) is 0 Å². The highest BCUT2D eigenvalue weighted by Gasteiger charge is 2.28. The molecule has 1 heterocycles. The minimum atomic E-state index is -0.256. The molecular weight excluding hydrogens is 312 g/mol. The van der Waals surface area contributed by atoms with E-state index in [-0.39, 0.29) is 24.6 Å². The third-order valence-electron chi connectivity index (χ3n) is 4.88. The van der Waals surface area contributed by atoms with Gasteiger partial charge in [0, 0.05) is 0 Å². The van der Waals surface area contributed by atoms with Crippen molar-refractivity contribution in [1.82, 2.24) is 10.6 Å². The second-order valence-corrected chi connectivity index (χ2v) is 6.72. The van der Waals surface area contributed by atoms with Crippen LogP contribution in [0, 0.1) is 0 Å². The van der Waals surface area contributed by atoms with Crippen molar-refractivity contribution in [3.8, 4) is 0 Å². The summed E-state index contributed by atoms with van der Waals surface area (Å²) in [7, 11) is 0. The van der Waals surface area contributed by atoms with Gasteiger partial charge in [0.2, 0.25) is 5.91 Å². The molecule has 3 atom stereocenters. The van der Waals surface area contributed by atoms with E-state index in [0.29, 0.717) is 12.3 Å². The Morgan fingerprint density at radius 1 is 1.12 bits per heavy atom. The largest absolute Gasteiger partial charge is 0.394 e. The molecule has 1 aliphatic rings. The van der Waals surface area contributed by atoms with E-state index >= 15 is 0 Å². The highest BCUT2D eigenvalue weighted by atomic mass is 16.3. The van der Waals surface area contributed by atoms with Crippen LogP contribution in [0.1, 0.15) is 29.9 Å². The molecule has 132 valence electrons. The van der Waals surface area contributed by atoms with E-state index in [1.165, 1.54) is 5.56 Å². The van der Waals surface area contributed by atoms with Crippen LogP contribution in [0.4, 0.5) is 0 Å². The molecule has 0 spiro atoms. The molecule has 3 rings (SSSR count). The maximum absolute atomic E-state index is 12.6. The lowest BCUT2D eigenvalue weighted by molar-refractivity contribution is -0.124. The fourth-order valence-corrected chi connectivity index (χ4v) is 3.51. The second-order valence-electron chi connectivity index (χ2n) is 6.72. The molecule has 2 aromatic rings. The summed E-state index contributed by atoms with van der Waals surface area (Å²) in [6.07, 6.45) is 2.47. The zero-order valence-corrected chi connectivity index (χ0v) is 14.4. The highest BCUT2D eigenvalue weighted by molar-refractivity contribution is 5.82. The molecule has 0 radical (unpaired) electrons. The van der Waals surface area contributed by atoms with Crippen molar-refractivity contribution < 1.29 is 9.90 Å². The number of amides is 1. The standard InChI is InChI=1S/C21H26N2O2/c24-15-19(13-16-7-3-1-4-8-16)23-21(25)20-14-18(11-12-22-20)17-9-5-2-6-10-17/h1-10,18-20,22,24H,11-15H2,(H,23,25)/t18-,19+,20?/m0/s1. The number of aliphatic hydroxyl groups excluding tert-OH is 1. The lowest BCUT2D eigenvalue weighted by Gasteiger charge is -2.31. The Hall–Kier alpha value is -2.17. The van der Waals surface area contributed by atoms with E-state index in [1.54, 1.807) is 0 Å². The molecule has 2 aromatic carbocycles. The normalized spacial score (nSPS) is 21.5. The van der Waals surface area contributed by atoms with Crippen LogP contribution >= 0.6 is 0 Å². The van der Waals surface area contributed by atoms with Crippen molar-refractivity contribution in [2.45, 2.75) is 37.3 Å². The molecule has 4 heteroatoms. The molecule has 0 aromatic heterocycles. The summed E-state index contributed by atoms with van der Waals surface area (Å²) in [5, 5.41) is 16.0. The number of rotatable bonds is 6. The summed E-state index contributed by atoms with van der Waals surface area (Å²) < 4.78 is 0. The Kier molecular flexibility index (Phi) is 6.20. The number of piperidine rings is 1. The van der Waals surface area contributed by atoms with Gasteiger partial charge in [0.05, 0.1) is 18.7 Å². The van der Waals surface area contributed by atoms with Crippen LogP contribution in [-0.2, 0) is 11.2 Å². The minimum Gasteiger partial charge on any atom is -0.394 e. The summed E-state index contributed by atoms with van der Waals surface area (Å²) >= 11 is 0. The van der Waals surface area contributed by atoms with E-state index < -0.39 is 0 Å². The fourth-order valence-electron chi connectivity index (χ4n) is 3.51. The summed E-state index contributed by atoms with van der Waals surface area (Å²) in [6.45, 7) is 0.773. The lowest BCUT2D eigenvalue weighted by Crippen LogP contribution is -2.52. The van der Waals surface area contributed by atoms with Gasteiger partial charge in [-0.15, -0.1) is 0 Å². The van der Waals surface area contributed by atoms with Crippen LogP contribution in [0.25, 0.3) is 0 Å². The predicted octanol–water partition coefficient (Wildman–Crippen LogP) is 2.24. The summed E-state index contributed by atoms with van der Waals surface area (Å²) in [4.78, 5) is 12.6. The molecule has 3 N–H and O–H groups in total. The first-order valence-corrected chi connectivity index (χ1v) is 8.99. The van der Waals surface area contributed by atoms with E-state index in [4.69, 9.17) is 0 Å². The topological polar surface area (TPSA) is 61.4 Å². The van der Waals surface area contributed by atoms with Gasteiger partial charge in [-0.2, -0.15) is 0 Å². The molecule has 4 nitrogen and oxygen atoms in total. The van der Waals surface area contributed by atoms with Crippen LogP contribution < -0.4 is 10.6 Å². The SMILES string of the molecule is O=C(N[C@@H](CO)Cc1ccccc1)C1C[C@@H](c2ccccc2)CCN1. The maximum Gasteiger partial charge on any atom is 0.237 e. The van der Waals surface area contributed by atoms with E-state index in [9.17, 15) is 9.90 Å². The van der Waals surface area contributed by atoms with Gasteiger partial charge in [0.25, 0.3) is 0 Å². The predicted molar refractivity (Wildman–Crippen MR) is 99.4 cm³/mol. The van der Waals surface area contributed by atoms with Crippen molar-refractivity contribution in [2.75, 3.05) is 13.2 Å². The molecule has 1 saturated heterocycles. The van der Waals surface area contributed by atoms with Gasteiger partial charge in [0.15, 0.2) is 0 Å². The average Bonchev–Trinajstić information content (AvgIpc) is 2.69. The fraction of sp³-hybridized carbons (Fsp3) is 0.381. The Morgan fingerprint density at radius 3 is 2.48 bits per heavy atom. The first-order valence-electron chi connectivity index (χ1n) is 8.99. The number of hydrogen-bond acceptors (Lipinski definition) is 3. The van der Waals surface area contributed by atoms with Crippen LogP contribution in [-0.4, -0.2) is 36.2 Å². The minimum absolute atomic E-state index is 0.0180. The number of carbonyl (C=O) groups excluding carboxylic acids is 1. The summed E-state index contributed by atoms with van der Waals surface area (Å²) in [5.41, 5.74) is 2.41. The molecule has 1 fully saturated rings. The van der Waals surface area contributed by atoms with Gasteiger partial charge in [-0.25, -0.2) is 0 Å². The molecule has 0 saturated carbocycles. The molecule has 1 aliphatic heterocycles. The Balaban J connectivity index is 1.58. The molecule has 25 heavy (non-hydrogen) atoms. The zero-order chi connectivity index (χ0) is 17.5. The third kappa shape index (κ3) is 4.91. The van der Waals surface area contributed by atoms with E-state index in [1.807, 2.05) is 48.5 Å². The molecule has 1 amide bonds. The number of aliphatic hydroxyl groups is 1. The summed E-state index contributed by atoms with van der Waals surface area (Å²) in [5.74, 6) is 0.385. The van der Waals surface area contributed by atoms with Crippen LogP contribution in [0.5, 0.6) is 0 Å². The van der Waals surface area contributed by atoms with E-state index in [2.05, 4.69) is 22.8 Å². The highest BCUT2D eigenvalue weighted by Crippen LogP contribution is 2.27. The van der Waals surface area contributed by atoms with Gasteiger partial charge >= 0.3 is 0 Å². The first kappa shape index (κ1) is 17.6. The third-order valence-corrected chi connectivity index (χ3v) is 4.88. The van der Waals surface area contributed by atoms with Crippen molar-refractivity contribution in [3.05, 3.63) is 71.8 Å². The van der Waals surface area contributed by atoms with Gasteiger partial charge in [-0.05, 0) is 42.9 Å². The molecule has 0 aliphatic carbocycles. The van der Waals surface area contributed by atoms with Gasteiger partial charge in [-0.1, -0.05) is 60.7 Å². The number of nitrogens with one attached hydrogen (secondary N) is 2. The Bertz CT molecular complexity index is 660. The van der Waals surface area contributed by atoms with Crippen molar-refractivity contribution in [3.63, 3.8) is 0 Å². The van der Waals surface area contributed by atoms with E-state index in [0.717, 1.165) is 24.9 Å². The Morgan fingerprint density at radius 2 is 1.80 bits per heavy atom. The lowest BCUT2D eigenvalue weighted by atomic mass is 9.86. The number of hydrogen-bond donors (Lipinski definition) is 3. The smallest absolute Gasteiger partial charge is 0.237 e. The van der Waals surface area contributed by atoms with Crippen molar-refractivity contribution >= 4 is 5.91 Å². The average molecular weight is 338 g/mol. The number of benzene rings is 2. The molecule has 1 unspecified atom stereocenters. The Labute approximate surface area is 149 Å².